The molecule has 138 valence electrons. The number of benzene rings is 1. The van der Waals surface area contributed by atoms with Crippen LogP contribution in [0.2, 0.25) is 0 Å². The number of nitrogens with zero attached hydrogens (tertiary/aromatic N) is 1. The number of carbonyl (C=O) groups is 1. The van der Waals surface area contributed by atoms with Crippen molar-refractivity contribution in [3.63, 3.8) is 0 Å². The highest BCUT2D eigenvalue weighted by atomic mass is 16.6. The van der Waals surface area contributed by atoms with Crippen molar-refractivity contribution in [1.82, 2.24) is 10.2 Å². The molecule has 2 aliphatic rings. The van der Waals surface area contributed by atoms with E-state index in [1.807, 2.05) is 30.9 Å². The molecule has 1 saturated heterocycles. The molecule has 0 radical (unpaired) electrons. The van der Waals surface area contributed by atoms with E-state index in [9.17, 15) is 4.79 Å². The highest BCUT2D eigenvalue weighted by Gasteiger charge is 2.24. The first-order valence-corrected chi connectivity index (χ1v) is 9.07. The number of rotatable bonds is 5. The Labute approximate surface area is 149 Å². The van der Waals surface area contributed by atoms with Gasteiger partial charge < -0.3 is 24.4 Å². The summed E-state index contributed by atoms with van der Waals surface area (Å²) in [6, 6.07) is 4.44. The first-order chi connectivity index (χ1) is 12.1. The molecule has 2 aliphatic heterocycles. The molecular weight excluding hydrogens is 320 g/mol. The van der Waals surface area contributed by atoms with Crippen LogP contribution >= 0.6 is 0 Å². The van der Waals surface area contributed by atoms with Crippen LogP contribution in [0, 0.1) is 5.92 Å². The fraction of sp³-hybridized carbons (Fsp3) is 0.632. The van der Waals surface area contributed by atoms with E-state index >= 15 is 0 Å². The number of hydrogen-bond acceptors (Lipinski definition) is 5. The number of amides is 1. The largest absolute Gasteiger partial charge is 0.493 e. The molecule has 0 atom stereocenters. The molecule has 2 heterocycles. The summed E-state index contributed by atoms with van der Waals surface area (Å²) in [5.74, 6) is 2.49. The van der Waals surface area contributed by atoms with Gasteiger partial charge in [0.1, 0.15) is 13.2 Å². The molecular formula is C19H28N2O4. The van der Waals surface area contributed by atoms with Gasteiger partial charge in [-0.2, -0.15) is 0 Å². The second-order valence-electron chi connectivity index (χ2n) is 6.96. The van der Waals surface area contributed by atoms with Gasteiger partial charge in [0, 0.05) is 31.6 Å². The average molecular weight is 348 g/mol. The molecule has 1 amide bonds. The van der Waals surface area contributed by atoms with Gasteiger partial charge in [0.2, 0.25) is 11.7 Å². The van der Waals surface area contributed by atoms with Gasteiger partial charge in [0.15, 0.2) is 11.5 Å². The third kappa shape index (κ3) is 4.18. The Morgan fingerprint density at radius 3 is 2.68 bits per heavy atom. The maximum absolute atomic E-state index is 12.1. The van der Waals surface area contributed by atoms with E-state index in [0.29, 0.717) is 30.8 Å². The van der Waals surface area contributed by atoms with Crippen molar-refractivity contribution in [1.29, 1.82) is 0 Å². The summed E-state index contributed by atoms with van der Waals surface area (Å²) in [6.07, 6.45) is 1.97. The van der Waals surface area contributed by atoms with Crippen LogP contribution < -0.4 is 19.5 Å². The number of hydrogen-bond donors (Lipinski definition) is 1. The highest BCUT2D eigenvalue weighted by molar-refractivity contribution is 5.78. The first-order valence-electron chi connectivity index (χ1n) is 9.07. The zero-order chi connectivity index (χ0) is 17.8. The zero-order valence-electron chi connectivity index (χ0n) is 15.3. The molecule has 3 rings (SSSR count). The third-order valence-corrected chi connectivity index (χ3v) is 4.78. The summed E-state index contributed by atoms with van der Waals surface area (Å²) >= 11 is 0. The van der Waals surface area contributed by atoms with E-state index in [-0.39, 0.29) is 11.8 Å². The van der Waals surface area contributed by atoms with Gasteiger partial charge in [-0.1, -0.05) is 13.8 Å². The lowest BCUT2D eigenvalue weighted by molar-refractivity contribution is -0.135. The molecule has 1 fully saturated rings. The molecule has 6 nitrogen and oxygen atoms in total. The van der Waals surface area contributed by atoms with Crippen molar-refractivity contribution < 1.29 is 19.0 Å². The van der Waals surface area contributed by atoms with E-state index in [2.05, 4.69) is 5.32 Å². The predicted molar refractivity (Wildman–Crippen MR) is 95.3 cm³/mol. The van der Waals surface area contributed by atoms with E-state index in [0.717, 1.165) is 43.8 Å². The Hall–Kier alpha value is -1.95. The van der Waals surface area contributed by atoms with Crippen LogP contribution in [0.25, 0.3) is 0 Å². The number of ether oxygens (including phenoxy) is 3. The van der Waals surface area contributed by atoms with Crippen molar-refractivity contribution >= 4 is 5.91 Å². The van der Waals surface area contributed by atoms with Crippen LogP contribution in [0.4, 0.5) is 0 Å². The average Bonchev–Trinajstić information content (AvgIpc) is 2.65. The molecule has 1 aromatic rings. The highest BCUT2D eigenvalue weighted by Crippen LogP contribution is 2.40. The van der Waals surface area contributed by atoms with Crippen LogP contribution in [0.15, 0.2) is 12.1 Å². The maximum atomic E-state index is 12.1. The van der Waals surface area contributed by atoms with Crippen molar-refractivity contribution in [3.8, 4) is 17.2 Å². The molecule has 6 heteroatoms. The number of nitrogens with one attached hydrogen (secondary N) is 1. The summed E-state index contributed by atoms with van der Waals surface area (Å²) in [6.45, 7) is 7.45. The zero-order valence-corrected chi connectivity index (χ0v) is 15.3. The number of methoxy groups -OCH3 is 1. The van der Waals surface area contributed by atoms with Gasteiger partial charge in [0.25, 0.3) is 0 Å². The Bertz CT molecular complexity index is 592. The molecule has 0 aliphatic carbocycles. The third-order valence-electron chi connectivity index (χ3n) is 4.78. The molecule has 0 unspecified atom stereocenters. The van der Waals surface area contributed by atoms with E-state index in [1.54, 1.807) is 7.11 Å². The molecule has 0 saturated carbocycles. The first kappa shape index (κ1) is 17.9. The van der Waals surface area contributed by atoms with E-state index in [4.69, 9.17) is 14.2 Å². The van der Waals surface area contributed by atoms with Crippen LogP contribution in [0.1, 0.15) is 32.3 Å². The smallest absolute Gasteiger partial charge is 0.225 e. The summed E-state index contributed by atoms with van der Waals surface area (Å²) in [5, 5.41) is 3.59. The quantitative estimate of drug-likeness (QED) is 0.884. The lowest BCUT2D eigenvalue weighted by Gasteiger charge is -2.33. The minimum absolute atomic E-state index is 0.0784. The minimum atomic E-state index is 0.0784. The minimum Gasteiger partial charge on any atom is -0.493 e. The molecule has 0 spiro atoms. The van der Waals surface area contributed by atoms with Crippen LogP contribution in [0.3, 0.4) is 0 Å². The molecule has 0 bridgehead atoms. The lowest BCUT2D eigenvalue weighted by Crippen LogP contribution is -2.45. The number of piperidine rings is 1. The number of fused-ring (bicyclic) bond motifs is 1. The van der Waals surface area contributed by atoms with E-state index in [1.165, 1.54) is 0 Å². The van der Waals surface area contributed by atoms with Gasteiger partial charge in [-0.15, -0.1) is 0 Å². The summed E-state index contributed by atoms with van der Waals surface area (Å²) in [7, 11) is 1.65. The fourth-order valence-corrected chi connectivity index (χ4v) is 3.36. The molecule has 0 aromatic heterocycles. The Balaban J connectivity index is 1.55. The lowest BCUT2D eigenvalue weighted by atomic mass is 10.0. The van der Waals surface area contributed by atoms with Crippen LogP contribution in [-0.4, -0.2) is 50.3 Å². The molecule has 1 N–H and O–H groups in total. The van der Waals surface area contributed by atoms with Gasteiger partial charge >= 0.3 is 0 Å². The maximum Gasteiger partial charge on any atom is 0.225 e. The van der Waals surface area contributed by atoms with Gasteiger partial charge in [-0.05, 0) is 30.5 Å². The fourth-order valence-electron chi connectivity index (χ4n) is 3.36. The topological polar surface area (TPSA) is 60.0 Å². The molecule has 25 heavy (non-hydrogen) atoms. The van der Waals surface area contributed by atoms with Gasteiger partial charge in [0.05, 0.1) is 7.11 Å². The van der Waals surface area contributed by atoms with E-state index < -0.39 is 0 Å². The SMILES string of the molecule is COc1cc(CNC2CCN(C(=O)C(C)C)CC2)cc2c1OCCO2. The van der Waals surface area contributed by atoms with Gasteiger partial charge in [-0.3, -0.25) is 4.79 Å². The van der Waals surface area contributed by atoms with Crippen molar-refractivity contribution in [2.24, 2.45) is 5.92 Å². The Morgan fingerprint density at radius 2 is 2.00 bits per heavy atom. The molecule has 1 aromatic carbocycles. The second-order valence-corrected chi connectivity index (χ2v) is 6.96. The normalized spacial score (nSPS) is 17.7. The number of carbonyl (C=O) groups excluding carboxylic acids is 1. The summed E-state index contributed by atoms with van der Waals surface area (Å²) < 4.78 is 16.8. The van der Waals surface area contributed by atoms with Crippen molar-refractivity contribution in [2.45, 2.75) is 39.3 Å². The Morgan fingerprint density at radius 1 is 1.28 bits per heavy atom. The number of likely N-dealkylation sites (tertiary alicyclic amines) is 1. The van der Waals surface area contributed by atoms with Crippen LogP contribution in [-0.2, 0) is 11.3 Å². The standard InChI is InChI=1S/C19H28N2O4/c1-13(2)19(22)21-6-4-15(5-7-21)20-12-14-10-16(23-3)18-17(11-14)24-8-9-25-18/h10-11,13,15,20H,4-9,12H2,1-3H3. The van der Waals surface area contributed by atoms with Crippen LogP contribution in [0.5, 0.6) is 17.2 Å². The van der Waals surface area contributed by atoms with Gasteiger partial charge in [-0.25, -0.2) is 0 Å². The monoisotopic (exact) mass is 348 g/mol. The summed E-state index contributed by atoms with van der Waals surface area (Å²) in [5.41, 5.74) is 1.11. The van der Waals surface area contributed by atoms with Crippen molar-refractivity contribution in [3.05, 3.63) is 17.7 Å². The Kier molecular flexibility index (Phi) is 5.68. The van der Waals surface area contributed by atoms with Crippen molar-refractivity contribution in [2.75, 3.05) is 33.4 Å². The summed E-state index contributed by atoms with van der Waals surface area (Å²) in [4.78, 5) is 14.0. The second kappa shape index (κ2) is 7.95. The predicted octanol–water partition coefficient (Wildman–Crippen LogP) is 2.20.